The van der Waals surface area contributed by atoms with Gasteiger partial charge in [-0.05, 0) is 36.3 Å². The number of rotatable bonds is 3. The summed E-state index contributed by atoms with van der Waals surface area (Å²) in [5.41, 5.74) is 3.99. The molecule has 0 bridgehead atoms. The number of ether oxygens (including phenoxy) is 1. The molecule has 0 aromatic carbocycles. The first-order valence-electron chi connectivity index (χ1n) is 7.37. The fourth-order valence-corrected chi connectivity index (χ4v) is 3.30. The summed E-state index contributed by atoms with van der Waals surface area (Å²) in [6.07, 6.45) is 4.80. The van der Waals surface area contributed by atoms with Crippen LogP contribution in [0.1, 0.15) is 30.2 Å². The quantitative estimate of drug-likeness (QED) is 0.496. The number of methoxy groups -OCH3 is 1. The Morgan fingerprint density at radius 1 is 1.55 bits per heavy atom. The van der Waals surface area contributed by atoms with E-state index in [0.29, 0.717) is 5.92 Å². The van der Waals surface area contributed by atoms with Crippen molar-refractivity contribution < 1.29 is 14.5 Å². The standard InChI is InChI=1S/C16H18N2O4/c1-10-3-4-12-13(9-16(19)22-2)15-8-11(18(20)21)5-6-17(15)14(12)7-10/h5-6,8,10H,3-4,7,9H2,1-2H3. The molecule has 1 aliphatic carbocycles. The van der Waals surface area contributed by atoms with Crippen LogP contribution in [0, 0.1) is 16.0 Å². The molecule has 0 saturated carbocycles. The maximum Gasteiger partial charge on any atom is 0.310 e. The number of nitrogens with zero attached hydrogens (tertiary/aromatic N) is 2. The molecule has 22 heavy (non-hydrogen) atoms. The van der Waals surface area contributed by atoms with Crippen LogP contribution in [0.2, 0.25) is 0 Å². The van der Waals surface area contributed by atoms with Crippen molar-refractivity contribution in [1.82, 2.24) is 4.40 Å². The lowest BCUT2D eigenvalue weighted by atomic mass is 9.87. The molecule has 1 unspecified atom stereocenters. The summed E-state index contributed by atoms with van der Waals surface area (Å²) in [6.45, 7) is 2.20. The summed E-state index contributed by atoms with van der Waals surface area (Å²) in [5, 5.41) is 11.0. The van der Waals surface area contributed by atoms with E-state index < -0.39 is 4.92 Å². The van der Waals surface area contributed by atoms with Crippen LogP contribution in [0.25, 0.3) is 5.52 Å². The topological polar surface area (TPSA) is 73.8 Å². The lowest BCUT2D eigenvalue weighted by Gasteiger charge is -2.19. The largest absolute Gasteiger partial charge is 0.469 e. The third kappa shape index (κ3) is 2.34. The number of nitro groups is 1. The number of carbonyl (C=O) groups excluding carboxylic acids is 1. The summed E-state index contributed by atoms with van der Waals surface area (Å²) in [5.74, 6) is 0.257. The molecule has 3 rings (SSSR count). The first-order valence-corrected chi connectivity index (χ1v) is 7.37. The van der Waals surface area contributed by atoms with Gasteiger partial charge in [0.1, 0.15) is 0 Å². The molecule has 0 amide bonds. The molecular formula is C16H18N2O4. The summed E-state index contributed by atoms with van der Waals surface area (Å²) in [4.78, 5) is 22.4. The average Bonchev–Trinajstić information content (AvgIpc) is 2.80. The van der Waals surface area contributed by atoms with Crippen molar-refractivity contribution in [3.63, 3.8) is 0 Å². The van der Waals surface area contributed by atoms with E-state index in [0.717, 1.165) is 35.9 Å². The van der Waals surface area contributed by atoms with Gasteiger partial charge < -0.3 is 9.14 Å². The first-order chi connectivity index (χ1) is 10.5. The number of hydrogen-bond acceptors (Lipinski definition) is 4. The average molecular weight is 302 g/mol. The predicted molar refractivity (Wildman–Crippen MR) is 81.0 cm³/mol. The van der Waals surface area contributed by atoms with Gasteiger partial charge in [-0.2, -0.15) is 0 Å². The molecule has 2 heterocycles. The van der Waals surface area contributed by atoms with E-state index in [4.69, 9.17) is 4.74 Å². The van der Waals surface area contributed by atoms with Crippen molar-refractivity contribution in [3.8, 4) is 0 Å². The first kappa shape index (κ1) is 14.6. The zero-order valence-corrected chi connectivity index (χ0v) is 12.7. The van der Waals surface area contributed by atoms with Gasteiger partial charge in [-0.3, -0.25) is 14.9 Å². The molecular weight excluding hydrogens is 284 g/mol. The Hall–Kier alpha value is -2.37. The lowest BCUT2D eigenvalue weighted by Crippen LogP contribution is -2.13. The van der Waals surface area contributed by atoms with E-state index in [1.807, 2.05) is 4.40 Å². The minimum Gasteiger partial charge on any atom is -0.469 e. The van der Waals surface area contributed by atoms with Gasteiger partial charge in [0.25, 0.3) is 5.69 Å². The highest BCUT2D eigenvalue weighted by Gasteiger charge is 2.26. The van der Waals surface area contributed by atoms with Crippen LogP contribution in [-0.4, -0.2) is 22.4 Å². The molecule has 6 nitrogen and oxygen atoms in total. The van der Waals surface area contributed by atoms with Gasteiger partial charge in [0.15, 0.2) is 0 Å². The Morgan fingerprint density at radius 3 is 3.00 bits per heavy atom. The fourth-order valence-electron chi connectivity index (χ4n) is 3.30. The van der Waals surface area contributed by atoms with Crippen LogP contribution in [0.4, 0.5) is 5.69 Å². The van der Waals surface area contributed by atoms with Crippen LogP contribution < -0.4 is 0 Å². The zero-order chi connectivity index (χ0) is 15.9. The normalized spacial score (nSPS) is 17.3. The SMILES string of the molecule is COC(=O)Cc1c2c(n3ccc([N+](=O)[O-])cc13)CC(C)CC2. The lowest BCUT2D eigenvalue weighted by molar-refractivity contribution is -0.384. The number of fused-ring (bicyclic) bond motifs is 3. The van der Waals surface area contributed by atoms with E-state index >= 15 is 0 Å². The predicted octanol–water partition coefficient (Wildman–Crippen LogP) is 2.69. The Balaban J connectivity index is 2.22. The molecule has 0 saturated heterocycles. The van der Waals surface area contributed by atoms with Gasteiger partial charge in [0.2, 0.25) is 0 Å². The van der Waals surface area contributed by atoms with E-state index in [-0.39, 0.29) is 18.1 Å². The number of esters is 1. The van der Waals surface area contributed by atoms with Crippen molar-refractivity contribution in [3.05, 3.63) is 45.3 Å². The maximum atomic E-state index is 11.7. The minimum atomic E-state index is -0.406. The van der Waals surface area contributed by atoms with E-state index in [2.05, 4.69) is 6.92 Å². The molecule has 0 N–H and O–H groups in total. The van der Waals surface area contributed by atoms with E-state index in [9.17, 15) is 14.9 Å². The van der Waals surface area contributed by atoms with Gasteiger partial charge in [0, 0.05) is 24.0 Å². The van der Waals surface area contributed by atoms with Crippen molar-refractivity contribution in [2.45, 2.75) is 32.6 Å². The van der Waals surface area contributed by atoms with Crippen molar-refractivity contribution in [2.75, 3.05) is 7.11 Å². The molecule has 2 aromatic heterocycles. The second-order valence-electron chi connectivity index (χ2n) is 5.90. The second-order valence-corrected chi connectivity index (χ2v) is 5.90. The number of aromatic nitrogens is 1. The molecule has 6 heteroatoms. The highest BCUT2D eigenvalue weighted by molar-refractivity contribution is 5.79. The van der Waals surface area contributed by atoms with Gasteiger partial charge in [-0.15, -0.1) is 0 Å². The molecule has 2 aromatic rings. The van der Waals surface area contributed by atoms with Crippen molar-refractivity contribution in [2.24, 2.45) is 5.92 Å². The summed E-state index contributed by atoms with van der Waals surface area (Å²) in [6, 6.07) is 3.07. The third-order valence-corrected chi connectivity index (χ3v) is 4.44. The molecule has 1 aliphatic rings. The van der Waals surface area contributed by atoms with E-state index in [1.165, 1.54) is 18.9 Å². The Morgan fingerprint density at radius 2 is 2.32 bits per heavy atom. The third-order valence-electron chi connectivity index (χ3n) is 4.44. The molecule has 1 atom stereocenters. The molecule has 0 aliphatic heterocycles. The Kier molecular flexibility index (Phi) is 3.60. The van der Waals surface area contributed by atoms with Crippen LogP contribution in [0.5, 0.6) is 0 Å². The van der Waals surface area contributed by atoms with Crippen LogP contribution in [0.3, 0.4) is 0 Å². The highest BCUT2D eigenvalue weighted by Crippen LogP contribution is 2.34. The Bertz CT molecular complexity index is 763. The van der Waals surface area contributed by atoms with Crippen LogP contribution >= 0.6 is 0 Å². The molecule has 0 fully saturated rings. The second kappa shape index (κ2) is 5.44. The van der Waals surface area contributed by atoms with Crippen molar-refractivity contribution >= 4 is 17.2 Å². The van der Waals surface area contributed by atoms with Crippen molar-refractivity contribution in [1.29, 1.82) is 0 Å². The summed E-state index contributed by atoms with van der Waals surface area (Å²) in [7, 11) is 1.36. The molecule has 0 radical (unpaired) electrons. The highest BCUT2D eigenvalue weighted by atomic mass is 16.6. The Labute approximate surface area is 127 Å². The number of hydrogen-bond donors (Lipinski definition) is 0. The molecule has 116 valence electrons. The summed E-state index contributed by atoms with van der Waals surface area (Å²) < 4.78 is 6.78. The smallest absolute Gasteiger partial charge is 0.310 e. The fraction of sp³-hybridized carbons (Fsp3) is 0.438. The van der Waals surface area contributed by atoms with E-state index in [1.54, 1.807) is 12.3 Å². The zero-order valence-electron chi connectivity index (χ0n) is 12.7. The van der Waals surface area contributed by atoms with Crippen LogP contribution in [0.15, 0.2) is 18.3 Å². The van der Waals surface area contributed by atoms with Crippen LogP contribution in [-0.2, 0) is 28.8 Å². The van der Waals surface area contributed by atoms with Gasteiger partial charge >= 0.3 is 5.97 Å². The van der Waals surface area contributed by atoms with Gasteiger partial charge in [0.05, 0.1) is 24.0 Å². The maximum absolute atomic E-state index is 11.7. The summed E-state index contributed by atoms with van der Waals surface area (Å²) >= 11 is 0. The monoisotopic (exact) mass is 302 g/mol. The number of carbonyl (C=O) groups is 1. The number of pyridine rings is 1. The van der Waals surface area contributed by atoms with Gasteiger partial charge in [-0.1, -0.05) is 6.92 Å². The minimum absolute atomic E-state index is 0.0431. The molecule has 0 spiro atoms. The van der Waals surface area contributed by atoms with Gasteiger partial charge in [-0.25, -0.2) is 0 Å².